The lowest BCUT2D eigenvalue weighted by Gasteiger charge is -2.12. The average molecular weight is 475 g/mol. The van der Waals surface area contributed by atoms with Gasteiger partial charge in [0.25, 0.3) is 5.91 Å². The number of aromatic nitrogens is 2. The molecule has 7 nitrogen and oxygen atoms in total. The van der Waals surface area contributed by atoms with Crippen molar-refractivity contribution in [2.75, 3.05) is 6.54 Å². The van der Waals surface area contributed by atoms with Gasteiger partial charge in [0.1, 0.15) is 0 Å². The van der Waals surface area contributed by atoms with Crippen molar-refractivity contribution in [3.05, 3.63) is 114 Å². The molecule has 1 aromatic heterocycles. The summed E-state index contributed by atoms with van der Waals surface area (Å²) in [5.41, 5.74) is 3.95. The molecule has 0 unspecified atom stereocenters. The van der Waals surface area contributed by atoms with Crippen molar-refractivity contribution >= 4 is 15.9 Å². The maximum absolute atomic E-state index is 12.8. The van der Waals surface area contributed by atoms with Crippen LogP contribution in [0.15, 0.2) is 96.2 Å². The van der Waals surface area contributed by atoms with Crippen LogP contribution in [0.2, 0.25) is 0 Å². The van der Waals surface area contributed by atoms with E-state index >= 15 is 0 Å². The van der Waals surface area contributed by atoms with Crippen molar-refractivity contribution in [1.82, 2.24) is 19.8 Å². The van der Waals surface area contributed by atoms with E-state index in [1.54, 1.807) is 23.9 Å². The van der Waals surface area contributed by atoms with Crippen molar-refractivity contribution in [2.45, 2.75) is 24.8 Å². The number of nitrogens with one attached hydrogen (secondary N) is 2. The van der Waals surface area contributed by atoms with Gasteiger partial charge in [-0.25, -0.2) is 17.8 Å². The SMILES string of the molecule is Cc1ccc(S(=O)(=O)NCc2ccccc2)cc1C(=O)NCCc1ccc(-n2cccn2)cc1. The molecule has 174 valence electrons. The second-order valence-corrected chi connectivity index (χ2v) is 9.68. The van der Waals surface area contributed by atoms with Crippen LogP contribution in [0.25, 0.3) is 5.69 Å². The number of sulfonamides is 1. The number of amides is 1. The lowest BCUT2D eigenvalue weighted by molar-refractivity contribution is 0.0953. The predicted octanol–water partition coefficient (Wildman–Crippen LogP) is 3.63. The molecule has 8 heteroatoms. The van der Waals surface area contributed by atoms with Gasteiger partial charge in [0, 0.05) is 31.0 Å². The first-order valence-electron chi connectivity index (χ1n) is 10.9. The van der Waals surface area contributed by atoms with Crippen molar-refractivity contribution in [2.24, 2.45) is 0 Å². The standard InChI is InChI=1S/C26H26N4O3S/c1-20-8-13-24(34(32,33)29-19-22-6-3-2-4-7-22)18-25(20)26(31)27-16-14-21-9-11-23(12-10-21)30-17-5-15-28-30/h2-13,15,17-18,29H,14,16,19H2,1H3,(H,27,31). The number of carbonyl (C=O) groups is 1. The normalized spacial score (nSPS) is 11.3. The molecule has 0 atom stereocenters. The summed E-state index contributed by atoms with van der Waals surface area (Å²) in [6.07, 6.45) is 4.26. The van der Waals surface area contributed by atoms with Gasteiger partial charge in [0.15, 0.2) is 0 Å². The minimum Gasteiger partial charge on any atom is -0.352 e. The van der Waals surface area contributed by atoms with Gasteiger partial charge in [-0.05, 0) is 60.4 Å². The number of hydrogen-bond donors (Lipinski definition) is 2. The highest BCUT2D eigenvalue weighted by atomic mass is 32.2. The third kappa shape index (κ3) is 5.78. The monoisotopic (exact) mass is 474 g/mol. The van der Waals surface area contributed by atoms with Crippen molar-refractivity contribution in [3.8, 4) is 5.69 Å². The van der Waals surface area contributed by atoms with E-state index in [4.69, 9.17) is 0 Å². The van der Waals surface area contributed by atoms with Crippen LogP contribution in [0.1, 0.15) is 27.0 Å². The number of nitrogens with zero attached hydrogens (tertiary/aromatic N) is 2. The molecule has 1 heterocycles. The first-order valence-corrected chi connectivity index (χ1v) is 12.4. The van der Waals surface area contributed by atoms with Crippen molar-refractivity contribution in [3.63, 3.8) is 0 Å². The molecule has 4 aromatic rings. The Labute approximate surface area is 199 Å². The largest absolute Gasteiger partial charge is 0.352 e. The van der Waals surface area contributed by atoms with Crippen LogP contribution < -0.4 is 10.0 Å². The Hall–Kier alpha value is -3.75. The molecular formula is C26H26N4O3S. The first-order chi connectivity index (χ1) is 16.4. The third-order valence-electron chi connectivity index (χ3n) is 5.48. The van der Waals surface area contributed by atoms with Crippen molar-refractivity contribution < 1.29 is 13.2 Å². The quantitative estimate of drug-likeness (QED) is 0.387. The van der Waals surface area contributed by atoms with E-state index in [1.165, 1.54) is 12.1 Å². The molecule has 1 amide bonds. The molecule has 0 bridgehead atoms. The fourth-order valence-electron chi connectivity index (χ4n) is 3.52. The van der Waals surface area contributed by atoms with E-state index in [9.17, 15) is 13.2 Å². The zero-order valence-electron chi connectivity index (χ0n) is 18.8. The summed E-state index contributed by atoms with van der Waals surface area (Å²) < 4.78 is 29.9. The van der Waals surface area contributed by atoms with Gasteiger partial charge in [-0.1, -0.05) is 48.5 Å². The highest BCUT2D eigenvalue weighted by molar-refractivity contribution is 7.89. The molecule has 0 saturated carbocycles. The average Bonchev–Trinajstić information content (AvgIpc) is 3.39. The Morgan fingerprint density at radius 2 is 1.71 bits per heavy atom. The number of hydrogen-bond acceptors (Lipinski definition) is 4. The number of carbonyl (C=O) groups excluding carboxylic acids is 1. The van der Waals surface area contributed by atoms with Gasteiger partial charge in [0.05, 0.1) is 10.6 Å². The summed E-state index contributed by atoms with van der Waals surface area (Å²) in [5.74, 6) is -0.300. The molecule has 0 fully saturated rings. The van der Waals surface area contributed by atoms with E-state index < -0.39 is 10.0 Å². The smallest absolute Gasteiger partial charge is 0.251 e. The number of rotatable bonds is 9. The van der Waals surface area contributed by atoms with Crippen LogP contribution in [-0.4, -0.2) is 30.7 Å². The van der Waals surface area contributed by atoms with Crippen LogP contribution in [0.5, 0.6) is 0 Å². The zero-order chi connectivity index (χ0) is 24.0. The highest BCUT2D eigenvalue weighted by Crippen LogP contribution is 2.16. The minimum atomic E-state index is -3.75. The van der Waals surface area contributed by atoms with Gasteiger partial charge in [0.2, 0.25) is 10.0 Å². The van der Waals surface area contributed by atoms with Gasteiger partial charge in [-0.15, -0.1) is 0 Å². The van der Waals surface area contributed by atoms with E-state index in [-0.39, 0.29) is 17.3 Å². The molecule has 34 heavy (non-hydrogen) atoms. The molecule has 3 aromatic carbocycles. The highest BCUT2D eigenvalue weighted by Gasteiger charge is 2.18. The molecule has 0 saturated heterocycles. The lowest BCUT2D eigenvalue weighted by Crippen LogP contribution is -2.27. The van der Waals surface area contributed by atoms with Crippen LogP contribution in [-0.2, 0) is 23.0 Å². The Kier molecular flexibility index (Phi) is 7.20. The molecule has 4 rings (SSSR count). The summed E-state index contributed by atoms with van der Waals surface area (Å²) in [4.78, 5) is 12.8. The third-order valence-corrected chi connectivity index (χ3v) is 6.88. The fraction of sp³-hybridized carbons (Fsp3) is 0.154. The number of benzene rings is 3. The fourth-order valence-corrected chi connectivity index (χ4v) is 4.57. The summed E-state index contributed by atoms with van der Waals surface area (Å²) in [6.45, 7) is 2.40. The summed E-state index contributed by atoms with van der Waals surface area (Å²) in [7, 11) is -3.75. The molecular weight excluding hydrogens is 448 g/mol. The Morgan fingerprint density at radius 1 is 0.941 bits per heavy atom. The molecule has 0 radical (unpaired) electrons. The summed E-state index contributed by atoms with van der Waals surface area (Å²) >= 11 is 0. The van der Waals surface area contributed by atoms with E-state index in [1.807, 2.05) is 66.9 Å². The van der Waals surface area contributed by atoms with Crippen LogP contribution in [0, 0.1) is 6.92 Å². The second kappa shape index (κ2) is 10.5. The molecule has 0 aliphatic rings. The Morgan fingerprint density at radius 3 is 2.41 bits per heavy atom. The lowest BCUT2D eigenvalue weighted by atomic mass is 10.1. The van der Waals surface area contributed by atoms with Gasteiger partial charge in [-0.3, -0.25) is 4.79 Å². The summed E-state index contributed by atoms with van der Waals surface area (Å²) in [5, 5.41) is 7.10. The summed E-state index contributed by atoms with van der Waals surface area (Å²) in [6, 6.07) is 23.7. The van der Waals surface area contributed by atoms with E-state index in [0.717, 1.165) is 16.8 Å². The van der Waals surface area contributed by atoms with E-state index in [0.29, 0.717) is 24.1 Å². The maximum Gasteiger partial charge on any atom is 0.251 e. The van der Waals surface area contributed by atoms with Crippen molar-refractivity contribution in [1.29, 1.82) is 0 Å². The van der Waals surface area contributed by atoms with E-state index in [2.05, 4.69) is 15.1 Å². The van der Waals surface area contributed by atoms with Crippen LogP contribution in [0.4, 0.5) is 0 Å². The van der Waals surface area contributed by atoms with Crippen LogP contribution in [0.3, 0.4) is 0 Å². The number of aryl methyl sites for hydroxylation is 1. The maximum atomic E-state index is 12.8. The molecule has 0 spiro atoms. The molecule has 0 aliphatic heterocycles. The first kappa shape index (κ1) is 23.4. The molecule has 2 N–H and O–H groups in total. The van der Waals surface area contributed by atoms with Gasteiger partial charge >= 0.3 is 0 Å². The second-order valence-electron chi connectivity index (χ2n) is 7.91. The topological polar surface area (TPSA) is 93.1 Å². The van der Waals surface area contributed by atoms with Gasteiger partial charge in [-0.2, -0.15) is 5.10 Å². The molecule has 0 aliphatic carbocycles. The predicted molar refractivity (Wildman–Crippen MR) is 131 cm³/mol. The van der Waals surface area contributed by atoms with Gasteiger partial charge < -0.3 is 5.32 Å². The Balaban J connectivity index is 1.36. The zero-order valence-corrected chi connectivity index (χ0v) is 19.6. The van der Waals surface area contributed by atoms with Crippen LogP contribution >= 0.6 is 0 Å². The minimum absolute atomic E-state index is 0.0633. The Bertz CT molecular complexity index is 1350.